The largest absolute Gasteiger partial charge is 0.506 e. The monoisotopic (exact) mass is 334 g/mol. The number of carbonyl (C=O) groups excluding carboxylic acids is 3. The summed E-state index contributed by atoms with van der Waals surface area (Å²) in [5.74, 6) is -1.40. The van der Waals surface area contributed by atoms with Crippen LogP contribution in [-0.4, -0.2) is 33.9 Å². The number of barbiturate groups is 1. The summed E-state index contributed by atoms with van der Waals surface area (Å²) < 4.78 is 0. The number of benzene rings is 1. The van der Waals surface area contributed by atoms with E-state index < -0.39 is 17.8 Å². The molecule has 0 bridgehead atoms. The third-order valence-electron chi connectivity index (χ3n) is 4.11. The van der Waals surface area contributed by atoms with Gasteiger partial charge in [-0.1, -0.05) is 30.5 Å². The molecule has 0 spiro atoms. The Balaban J connectivity index is 1.94. The predicted molar refractivity (Wildman–Crippen MR) is 83.7 cm³/mol. The van der Waals surface area contributed by atoms with E-state index in [0.717, 1.165) is 30.6 Å². The molecule has 1 aliphatic heterocycles. The molecule has 2 fully saturated rings. The molecule has 2 N–H and O–H groups in total. The second-order valence-electron chi connectivity index (χ2n) is 5.64. The Morgan fingerprint density at radius 3 is 2.57 bits per heavy atom. The van der Waals surface area contributed by atoms with Gasteiger partial charge < -0.3 is 5.11 Å². The van der Waals surface area contributed by atoms with E-state index in [0.29, 0.717) is 5.56 Å². The van der Waals surface area contributed by atoms with E-state index in [4.69, 9.17) is 11.6 Å². The zero-order valence-electron chi connectivity index (χ0n) is 12.2. The van der Waals surface area contributed by atoms with Crippen LogP contribution in [0.25, 0.3) is 6.08 Å². The number of nitrogens with zero attached hydrogens (tertiary/aromatic N) is 1. The van der Waals surface area contributed by atoms with Crippen molar-refractivity contribution in [1.82, 2.24) is 10.2 Å². The first-order valence-electron chi connectivity index (χ1n) is 7.36. The standard InChI is InChI=1S/C16H15ClN2O4/c17-12-8-9(5-6-13(12)20)7-11-14(21)18-16(23)19(15(11)22)10-3-1-2-4-10/h5-8,10,20H,1-4H2,(H,18,21,23)/b11-7+. The molecule has 1 aliphatic carbocycles. The van der Waals surface area contributed by atoms with Crippen molar-refractivity contribution in [2.45, 2.75) is 31.7 Å². The quantitative estimate of drug-likeness (QED) is 0.642. The van der Waals surface area contributed by atoms with Crippen molar-refractivity contribution in [3.8, 4) is 5.75 Å². The number of hydrogen-bond donors (Lipinski definition) is 2. The van der Waals surface area contributed by atoms with Gasteiger partial charge in [-0.15, -0.1) is 0 Å². The maximum Gasteiger partial charge on any atom is 0.331 e. The van der Waals surface area contributed by atoms with Gasteiger partial charge in [0.2, 0.25) is 0 Å². The van der Waals surface area contributed by atoms with Crippen LogP contribution in [-0.2, 0) is 9.59 Å². The van der Waals surface area contributed by atoms with Crippen LogP contribution in [0.3, 0.4) is 0 Å². The number of hydrogen-bond acceptors (Lipinski definition) is 4. The molecular formula is C16H15ClN2O4. The lowest BCUT2D eigenvalue weighted by Gasteiger charge is -2.31. The third kappa shape index (κ3) is 2.94. The minimum atomic E-state index is -0.724. The topological polar surface area (TPSA) is 86.7 Å². The van der Waals surface area contributed by atoms with Gasteiger partial charge in [0.15, 0.2) is 0 Å². The molecule has 6 nitrogen and oxygen atoms in total. The highest BCUT2D eigenvalue weighted by atomic mass is 35.5. The predicted octanol–water partition coefficient (Wildman–Crippen LogP) is 2.45. The highest BCUT2D eigenvalue weighted by Crippen LogP contribution is 2.28. The molecular weight excluding hydrogens is 320 g/mol. The SMILES string of the molecule is O=C1NC(=O)N(C2CCCC2)C(=O)/C1=C/c1ccc(O)c(Cl)c1. The lowest BCUT2D eigenvalue weighted by molar-refractivity contribution is -0.131. The summed E-state index contributed by atoms with van der Waals surface area (Å²) in [6.07, 6.45) is 4.80. The van der Waals surface area contributed by atoms with E-state index in [2.05, 4.69) is 5.32 Å². The van der Waals surface area contributed by atoms with Crippen LogP contribution >= 0.6 is 11.6 Å². The average Bonchev–Trinajstić information content (AvgIpc) is 3.01. The zero-order valence-corrected chi connectivity index (χ0v) is 13.0. The lowest BCUT2D eigenvalue weighted by atomic mass is 10.1. The first kappa shape index (κ1) is 15.6. The van der Waals surface area contributed by atoms with E-state index in [1.165, 1.54) is 24.3 Å². The molecule has 0 aromatic heterocycles. The summed E-state index contributed by atoms with van der Waals surface area (Å²) in [7, 11) is 0. The number of imide groups is 2. The highest BCUT2D eigenvalue weighted by molar-refractivity contribution is 6.33. The van der Waals surface area contributed by atoms with Gasteiger partial charge in [-0.25, -0.2) is 4.79 Å². The van der Waals surface area contributed by atoms with Crippen LogP contribution in [0.4, 0.5) is 4.79 Å². The summed E-state index contributed by atoms with van der Waals surface area (Å²) in [6.45, 7) is 0. The molecule has 7 heteroatoms. The highest BCUT2D eigenvalue weighted by Gasteiger charge is 2.40. The smallest absolute Gasteiger partial charge is 0.331 e. The summed E-state index contributed by atoms with van der Waals surface area (Å²) in [5, 5.41) is 11.7. The number of aromatic hydroxyl groups is 1. The van der Waals surface area contributed by atoms with Crippen LogP contribution in [0.15, 0.2) is 23.8 Å². The molecule has 0 atom stereocenters. The molecule has 1 aromatic rings. The maximum atomic E-state index is 12.6. The summed E-state index contributed by atoms with van der Waals surface area (Å²) >= 11 is 5.83. The second kappa shape index (κ2) is 6.04. The van der Waals surface area contributed by atoms with Crippen LogP contribution in [0.2, 0.25) is 5.02 Å². The van der Waals surface area contributed by atoms with E-state index in [-0.39, 0.29) is 22.4 Å². The number of halogens is 1. The van der Waals surface area contributed by atoms with E-state index in [1.54, 1.807) is 0 Å². The number of phenols is 1. The van der Waals surface area contributed by atoms with E-state index >= 15 is 0 Å². The van der Waals surface area contributed by atoms with Gasteiger partial charge in [0.25, 0.3) is 11.8 Å². The number of rotatable bonds is 2. The van der Waals surface area contributed by atoms with Gasteiger partial charge in [-0.05, 0) is 36.6 Å². The molecule has 2 aliphatic rings. The fourth-order valence-corrected chi connectivity index (χ4v) is 3.13. The van der Waals surface area contributed by atoms with Crippen LogP contribution in [0, 0.1) is 0 Å². The Kier molecular flexibility index (Phi) is 4.09. The molecule has 1 saturated carbocycles. The molecule has 0 unspecified atom stereocenters. The number of phenolic OH excluding ortho intramolecular Hbond substituents is 1. The minimum Gasteiger partial charge on any atom is -0.506 e. The maximum absolute atomic E-state index is 12.6. The van der Waals surface area contributed by atoms with Crippen molar-refractivity contribution in [2.24, 2.45) is 0 Å². The van der Waals surface area contributed by atoms with Crippen molar-refractivity contribution in [2.75, 3.05) is 0 Å². The van der Waals surface area contributed by atoms with Gasteiger partial charge in [-0.3, -0.25) is 19.8 Å². The number of nitrogens with one attached hydrogen (secondary N) is 1. The molecule has 23 heavy (non-hydrogen) atoms. The van der Waals surface area contributed by atoms with Crippen molar-refractivity contribution in [3.63, 3.8) is 0 Å². The molecule has 1 saturated heterocycles. The Hall–Kier alpha value is -2.34. The van der Waals surface area contributed by atoms with Crippen molar-refractivity contribution >= 4 is 35.5 Å². The lowest BCUT2D eigenvalue weighted by Crippen LogP contribution is -2.57. The van der Waals surface area contributed by atoms with Crippen LogP contribution in [0.5, 0.6) is 5.75 Å². The Labute approximate surface area is 137 Å². The molecule has 0 radical (unpaired) electrons. The molecule has 120 valence electrons. The van der Waals surface area contributed by atoms with Crippen LogP contribution < -0.4 is 5.32 Å². The van der Waals surface area contributed by atoms with Gasteiger partial charge in [0.05, 0.1) is 5.02 Å². The van der Waals surface area contributed by atoms with Crippen LogP contribution in [0.1, 0.15) is 31.2 Å². The third-order valence-corrected chi connectivity index (χ3v) is 4.41. The minimum absolute atomic E-state index is 0.0870. The first-order valence-corrected chi connectivity index (χ1v) is 7.74. The fraction of sp³-hybridized carbons (Fsp3) is 0.312. The molecule has 4 amide bonds. The molecule has 1 aromatic carbocycles. The Bertz CT molecular complexity index is 723. The van der Waals surface area contributed by atoms with Gasteiger partial charge in [-0.2, -0.15) is 0 Å². The van der Waals surface area contributed by atoms with Crippen molar-refractivity contribution in [3.05, 3.63) is 34.4 Å². The van der Waals surface area contributed by atoms with Gasteiger partial charge >= 0.3 is 6.03 Å². The second-order valence-corrected chi connectivity index (χ2v) is 6.05. The average molecular weight is 335 g/mol. The summed E-state index contributed by atoms with van der Waals surface area (Å²) in [5.41, 5.74) is 0.380. The molecule has 3 rings (SSSR count). The van der Waals surface area contributed by atoms with Gasteiger partial charge in [0, 0.05) is 6.04 Å². The Morgan fingerprint density at radius 1 is 1.22 bits per heavy atom. The zero-order chi connectivity index (χ0) is 16.6. The number of carbonyl (C=O) groups is 3. The molecule has 1 heterocycles. The fourth-order valence-electron chi connectivity index (χ4n) is 2.94. The number of amides is 4. The normalized spacial score (nSPS) is 21.2. The van der Waals surface area contributed by atoms with Gasteiger partial charge in [0.1, 0.15) is 11.3 Å². The van der Waals surface area contributed by atoms with Crippen molar-refractivity contribution in [1.29, 1.82) is 0 Å². The van der Waals surface area contributed by atoms with E-state index in [9.17, 15) is 19.5 Å². The van der Waals surface area contributed by atoms with Crippen molar-refractivity contribution < 1.29 is 19.5 Å². The summed E-state index contributed by atoms with van der Waals surface area (Å²) in [4.78, 5) is 37.7. The number of urea groups is 1. The van der Waals surface area contributed by atoms with E-state index in [1.807, 2.05) is 0 Å². The Morgan fingerprint density at radius 2 is 1.91 bits per heavy atom. The first-order chi connectivity index (χ1) is 11.0. The summed E-state index contributed by atoms with van der Waals surface area (Å²) in [6, 6.07) is 3.53.